The lowest BCUT2D eigenvalue weighted by atomic mass is 9.85. The van der Waals surface area contributed by atoms with Crippen molar-refractivity contribution in [1.82, 2.24) is 9.55 Å². The van der Waals surface area contributed by atoms with Gasteiger partial charge in [0.1, 0.15) is 17.2 Å². The van der Waals surface area contributed by atoms with Crippen molar-refractivity contribution in [3.05, 3.63) is 82.9 Å². The first kappa shape index (κ1) is 21.6. The number of nitrogens with zero attached hydrogens (tertiary/aromatic N) is 3. The summed E-state index contributed by atoms with van der Waals surface area (Å²) in [6.07, 6.45) is 3.75. The van der Waals surface area contributed by atoms with Crippen LogP contribution in [0.5, 0.6) is 0 Å². The molecule has 1 fully saturated rings. The number of hydrogen-bond donors (Lipinski definition) is 2. The monoisotopic (exact) mass is 471 g/mol. The van der Waals surface area contributed by atoms with E-state index in [0.717, 1.165) is 39.4 Å². The number of halogens is 1. The third kappa shape index (κ3) is 3.53. The van der Waals surface area contributed by atoms with E-state index in [9.17, 15) is 19.4 Å². The van der Waals surface area contributed by atoms with E-state index in [1.54, 1.807) is 30.3 Å². The van der Waals surface area contributed by atoms with Crippen LogP contribution in [0.3, 0.4) is 0 Å². The normalized spacial score (nSPS) is 16.5. The minimum absolute atomic E-state index is 0.179. The van der Waals surface area contributed by atoms with Crippen LogP contribution in [0, 0.1) is 5.82 Å². The van der Waals surface area contributed by atoms with Gasteiger partial charge < -0.3 is 14.9 Å². The Labute approximate surface area is 200 Å². The van der Waals surface area contributed by atoms with E-state index in [1.807, 2.05) is 16.8 Å². The van der Waals surface area contributed by atoms with E-state index in [2.05, 4.69) is 16.0 Å². The molecule has 2 aromatic carbocycles. The number of aromatic carboxylic acids is 1. The predicted molar refractivity (Wildman–Crippen MR) is 129 cm³/mol. The fourth-order valence-electron chi connectivity index (χ4n) is 5.09. The van der Waals surface area contributed by atoms with Crippen molar-refractivity contribution in [1.29, 1.82) is 0 Å². The fraction of sp³-hybridized carbons (Fsp3) is 0.222. The Morgan fingerprint density at radius 3 is 2.54 bits per heavy atom. The van der Waals surface area contributed by atoms with Gasteiger partial charge in [0, 0.05) is 43.2 Å². The average Bonchev–Trinajstić information content (AvgIpc) is 3.46. The molecule has 0 bridgehead atoms. The molecule has 2 aliphatic heterocycles. The minimum Gasteiger partial charge on any atom is -0.478 e. The maximum atomic E-state index is 13.8. The Hall–Kier alpha value is -3.88. The molecular weight excluding hydrogens is 449 g/mol. The third-order valence-electron chi connectivity index (χ3n) is 6.84. The van der Waals surface area contributed by atoms with E-state index in [1.165, 1.54) is 6.07 Å². The van der Waals surface area contributed by atoms with Crippen LogP contribution >= 0.6 is 0 Å². The molecule has 8 heteroatoms. The van der Waals surface area contributed by atoms with E-state index in [4.69, 9.17) is 4.74 Å². The van der Waals surface area contributed by atoms with E-state index >= 15 is 0 Å². The van der Waals surface area contributed by atoms with Crippen molar-refractivity contribution in [2.75, 3.05) is 13.2 Å². The number of hydrogen-bond acceptors (Lipinski definition) is 5. The molecule has 0 atom stereocenters. The molecule has 176 valence electrons. The summed E-state index contributed by atoms with van der Waals surface area (Å²) in [7, 11) is 0. The van der Waals surface area contributed by atoms with Gasteiger partial charge in [0.25, 0.3) is 0 Å². The number of aliphatic hydroxyl groups is 1. The van der Waals surface area contributed by atoms with Crippen LogP contribution in [0.4, 0.5) is 4.39 Å². The Morgan fingerprint density at radius 2 is 1.86 bits per heavy atom. The molecule has 2 aliphatic rings. The number of pyridine rings is 1. The van der Waals surface area contributed by atoms with Crippen LogP contribution in [0.2, 0.25) is 0 Å². The SMILES string of the molecule is O=C(O)c1ccc(-c2c(C3(O)CCOCC3)n(-c3ccc(F)cn3)c3cc4c(cc23)CN=C4)cc1. The highest BCUT2D eigenvalue weighted by molar-refractivity contribution is 6.03. The second-order valence-electron chi connectivity index (χ2n) is 8.96. The van der Waals surface area contributed by atoms with Gasteiger partial charge in [-0.2, -0.15) is 0 Å². The summed E-state index contributed by atoms with van der Waals surface area (Å²) in [4.78, 5) is 20.2. The van der Waals surface area contributed by atoms with Crippen LogP contribution in [0.15, 0.2) is 59.7 Å². The van der Waals surface area contributed by atoms with Gasteiger partial charge in [-0.1, -0.05) is 12.1 Å². The Kier molecular flexibility index (Phi) is 5.01. The van der Waals surface area contributed by atoms with Gasteiger partial charge in [0.15, 0.2) is 0 Å². The molecule has 0 radical (unpaired) electrons. The van der Waals surface area contributed by atoms with Crippen molar-refractivity contribution in [3.8, 4) is 16.9 Å². The molecule has 6 rings (SSSR count). The summed E-state index contributed by atoms with van der Waals surface area (Å²) < 4.78 is 21.2. The van der Waals surface area contributed by atoms with Crippen molar-refractivity contribution in [2.45, 2.75) is 25.0 Å². The number of rotatable bonds is 4. The highest BCUT2D eigenvalue weighted by Gasteiger charge is 2.39. The number of benzene rings is 2. The number of ether oxygens (including phenoxy) is 1. The molecule has 0 amide bonds. The largest absolute Gasteiger partial charge is 0.478 e. The van der Waals surface area contributed by atoms with Crippen LogP contribution < -0.4 is 0 Å². The van der Waals surface area contributed by atoms with E-state index in [0.29, 0.717) is 44.1 Å². The number of carboxylic acids is 1. The van der Waals surface area contributed by atoms with Gasteiger partial charge in [0.05, 0.1) is 29.5 Å². The molecule has 4 heterocycles. The van der Waals surface area contributed by atoms with Crippen LogP contribution in [-0.2, 0) is 16.9 Å². The number of aliphatic imine (C=N–C) groups is 1. The maximum absolute atomic E-state index is 13.8. The zero-order valence-corrected chi connectivity index (χ0v) is 18.7. The molecule has 7 nitrogen and oxygen atoms in total. The maximum Gasteiger partial charge on any atom is 0.335 e. The van der Waals surface area contributed by atoms with E-state index in [-0.39, 0.29) is 5.56 Å². The van der Waals surface area contributed by atoms with E-state index < -0.39 is 17.4 Å². The molecule has 0 spiro atoms. The number of fused-ring (bicyclic) bond motifs is 2. The molecule has 0 saturated carbocycles. The first-order chi connectivity index (χ1) is 16.9. The second kappa shape index (κ2) is 8.11. The topological polar surface area (TPSA) is 96.9 Å². The van der Waals surface area contributed by atoms with Crippen LogP contribution in [0.25, 0.3) is 27.8 Å². The zero-order valence-electron chi connectivity index (χ0n) is 18.7. The summed E-state index contributed by atoms with van der Waals surface area (Å²) in [6, 6.07) is 13.7. The number of carbonyl (C=O) groups is 1. The van der Waals surface area contributed by atoms with Gasteiger partial charge >= 0.3 is 5.97 Å². The van der Waals surface area contributed by atoms with Gasteiger partial charge in [-0.15, -0.1) is 0 Å². The highest BCUT2D eigenvalue weighted by atomic mass is 19.1. The molecule has 1 saturated heterocycles. The van der Waals surface area contributed by atoms with Crippen LogP contribution in [-0.4, -0.2) is 45.2 Å². The predicted octanol–water partition coefficient (Wildman–Crippen LogP) is 4.46. The number of carboxylic acid groups (broad SMARTS) is 1. The zero-order chi connectivity index (χ0) is 24.2. The van der Waals surface area contributed by atoms with Gasteiger partial charge in [-0.3, -0.25) is 9.56 Å². The lowest BCUT2D eigenvalue weighted by molar-refractivity contribution is -0.0709. The molecule has 35 heavy (non-hydrogen) atoms. The Morgan fingerprint density at radius 1 is 1.09 bits per heavy atom. The summed E-state index contributed by atoms with van der Waals surface area (Å²) in [5.41, 5.74) is 4.01. The molecule has 2 aromatic heterocycles. The Balaban J connectivity index is 1.72. The van der Waals surface area contributed by atoms with Gasteiger partial charge in [0.2, 0.25) is 0 Å². The molecule has 4 aromatic rings. The van der Waals surface area contributed by atoms with Crippen molar-refractivity contribution in [3.63, 3.8) is 0 Å². The summed E-state index contributed by atoms with van der Waals surface area (Å²) in [5.74, 6) is -0.976. The molecular formula is C27H22FN3O4. The summed E-state index contributed by atoms with van der Waals surface area (Å²) in [6.45, 7) is 1.36. The lowest BCUT2D eigenvalue weighted by Crippen LogP contribution is -2.36. The quantitative estimate of drug-likeness (QED) is 0.458. The first-order valence-electron chi connectivity index (χ1n) is 11.4. The van der Waals surface area contributed by atoms with Crippen molar-refractivity contribution in [2.24, 2.45) is 4.99 Å². The third-order valence-corrected chi connectivity index (χ3v) is 6.84. The number of aromatic nitrogens is 2. The highest BCUT2D eigenvalue weighted by Crippen LogP contribution is 2.46. The second-order valence-corrected chi connectivity index (χ2v) is 8.96. The standard InChI is InChI=1S/C27H22FN3O4/c28-20-5-6-23(30-15-20)31-22-12-19-14-29-13-18(19)11-21(22)24(16-1-3-17(4-2-16)26(32)33)25(31)27(34)7-9-35-10-8-27/h1-6,11-12,14-15,34H,7-10,13H2,(H,32,33). The van der Waals surface area contributed by atoms with Gasteiger partial charge in [-0.25, -0.2) is 14.2 Å². The molecule has 0 unspecified atom stereocenters. The molecule has 2 N–H and O–H groups in total. The molecule has 0 aliphatic carbocycles. The van der Waals surface area contributed by atoms with Crippen LogP contribution in [0.1, 0.15) is 40.0 Å². The summed E-state index contributed by atoms with van der Waals surface area (Å²) >= 11 is 0. The van der Waals surface area contributed by atoms with Crippen molar-refractivity contribution >= 4 is 23.1 Å². The smallest absolute Gasteiger partial charge is 0.335 e. The van der Waals surface area contributed by atoms with Gasteiger partial charge in [-0.05, 0) is 53.1 Å². The first-order valence-corrected chi connectivity index (χ1v) is 11.4. The van der Waals surface area contributed by atoms with Crippen molar-refractivity contribution < 1.29 is 24.1 Å². The average molecular weight is 471 g/mol. The fourth-order valence-corrected chi connectivity index (χ4v) is 5.09. The summed E-state index contributed by atoms with van der Waals surface area (Å²) in [5, 5.41) is 22.3. The minimum atomic E-state index is -1.23. The lowest BCUT2D eigenvalue weighted by Gasteiger charge is -2.34. The Bertz CT molecular complexity index is 1480.